The third kappa shape index (κ3) is 5.54. The fourth-order valence-corrected chi connectivity index (χ4v) is 4.08. The van der Waals surface area contributed by atoms with Gasteiger partial charge in [-0.3, -0.25) is 0 Å². The van der Waals surface area contributed by atoms with Gasteiger partial charge >= 0.3 is 0 Å². The highest BCUT2D eigenvalue weighted by Gasteiger charge is 2.25. The lowest BCUT2D eigenvalue weighted by Crippen LogP contribution is -2.27. The summed E-state index contributed by atoms with van der Waals surface area (Å²) in [4.78, 5) is 0. The molecule has 1 aliphatic rings. The highest BCUT2D eigenvalue weighted by molar-refractivity contribution is 5.54. The summed E-state index contributed by atoms with van der Waals surface area (Å²) in [6.45, 7) is 1.50. The molecule has 2 aromatic carbocycles. The Hall–Kier alpha value is -2.64. The first-order valence-corrected chi connectivity index (χ1v) is 10.3. The van der Waals surface area contributed by atoms with Gasteiger partial charge in [0.2, 0.25) is 12.5 Å². The van der Waals surface area contributed by atoms with Gasteiger partial charge in [-0.2, -0.15) is 0 Å². The van der Waals surface area contributed by atoms with Crippen molar-refractivity contribution in [1.29, 1.82) is 0 Å². The smallest absolute Gasteiger partial charge is 0.231 e. The molecule has 0 saturated heterocycles. The molecule has 1 heterocycles. The average molecular weight is 433 g/mol. The molecule has 31 heavy (non-hydrogen) atoms. The predicted molar refractivity (Wildman–Crippen MR) is 117 cm³/mol. The third-order valence-corrected chi connectivity index (χ3v) is 5.59. The number of benzene rings is 2. The number of rotatable bonds is 12. The van der Waals surface area contributed by atoms with Gasteiger partial charge in [0.15, 0.2) is 23.0 Å². The number of ether oxygens (including phenoxy) is 7. The maximum absolute atomic E-state index is 5.59. The van der Waals surface area contributed by atoms with Gasteiger partial charge in [-0.25, -0.2) is 0 Å². The molecule has 0 radical (unpaired) electrons. The zero-order valence-corrected chi connectivity index (χ0v) is 18.9. The Balaban J connectivity index is 1.84. The van der Waals surface area contributed by atoms with Gasteiger partial charge in [0.1, 0.15) is 0 Å². The van der Waals surface area contributed by atoms with Gasteiger partial charge in [-0.1, -0.05) is 6.07 Å². The lowest BCUT2D eigenvalue weighted by atomic mass is 9.83. The fourth-order valence-electron chi connectivity index (χ4n) is 4.08. The first kappa shape index (κ1) is 23.0. The van der Waals surface area contributed by atoms with Gasteiger partial charge in [-0.15, -0.1) is 0 Å². The molecule has 7 nitrogen and oxygen atoms in total. The molecule has 0 saturated carbocycles. The second-order valence-electron chi connectivity index (χ2n) is 7.56. The molecule has 2 aromatic rings. The minimum absolute atomic E-state index is 0.221. The topological polar surface area (TPSA) is 64.6 Å². The first-order valence-electron chi connectivity index (χ1n) is 10.3. The van der Waals surface area contributed by atoms with Crippen molar-refractivity contribution in [3.63, 3.8) is 0 Å². The highest BCUT2D eigenvalue weighted by atomic mass is 16.7. The molecule has 0 aliphatic carbocycles. The molecule has 0 bridgehead atoms. The van der Waals surface area contributed by atoms with E-state index in [2.05, 4.69) is 6.07 Å². The Labute approximate surface area is 184 Å². The van der Waals surface area contributed by atoms with Crippen LogP contribution in [-0.4, -0.2) is 55.6 Å². The first-order chi connectivity index (χ1) is 15.1. The van der Waals surface area contributed by atoms with Crippen LogP contribution in [0.5, 0.6) is 28.7 Å². The van der Waals surface area contributed by atoms with E-state index in [1.807, 2.05) is 24.3 Å². The standard InChI is InChI=1S/C24H32O7/c1-25-13-18(8-16-6-7-20-21(10-16)31-15-30-20)19(14-26-2)9-17-11-22(27-3)24(29-5)23(12-17)28-4/h6-7,10-12,18-19H,8-9,13-15H2,1-5H3/t18-,19-/m0/s1. The van der Waals surface area contributed by atoms with Crippen molar-refractivity contribution in [3.8, 4) is 28.7 Å². The Kier molecular flexibility index (Phi) is 8.26. The van der Waals surface area contributed by atoms with Crippen LogP contribution in [0, 0.1) is 11.8 Å². The fraction of sp³-hybridized carbons (Fsp3) is 0.500. The van der Waals surface area contributed by atoms with E-state index in [-0.39, 0.29) is 18.6 Å². The quantitative estimate of drug-likeness (QED) is 0.506. The Bertz CT molecular complexity index is 827. The molecule has 0 N–H and O–H groups in total. The summed E-state index contributed by atoms with van der Waals surface area (Å²) >= 11 is 0. The SMILES string of the molecule is COC[C@H](Cc1ccc2c(c1)OCO2)[C@H](COC)Cc1cc(OC)c(OC)c(OC)c1. The largest absolute Gasteiger partial charge is 0.493 e. The van der Waals surface area contributed by atoms with Crippen LogP contribution in [0.1, 0.15) is 11.1 Å². The molecular formula is C24H32O7. The predicted octanol–water partition coefficient (Wildman–Crippen LogP) is 3.75. The van der Waals surface area contributed by atoms with Crippen molar-refractivity contribution in [2.75, 3.05) is 55.6 Å². The highest BCUT2D eigenvalue weighted by Crippen LogP contribution is 2.39. The van der Waals surface area contributed by atoms with Crippen molar-refractivity contribution in [3.05, 3.63) is 41.5 Å². The van der Waals surface area contributed by atoms with Gasteiger partial charge in [0.25, 0.3) is 0 Å². The molecule has 2 atom stereocenters. The van der Waals surface area contributed by atoms with E-state index >= 15 is 0 Å². The van der Waals surface area contributed by atoms with Crippen LogP contribution < -0.4 is 23.7 Å². The Morgan fingerprint density at radius 2 is 1.29 bits per heavy atom. The molecular weight excluding hydrogens is 400 g/mol. The van der Waals surface area contributed by atoms with Crippen LogP contribution in [0.2, 0.25) is 0 Å². The summed E-state index contributed by atoms with van der Waals surface area (Å²) in [6, 6.07) is 10.1. The van der Waals surface area contributed by atoms with E-state index in [9.17, 15) is 0 Å². The van der Waals surface area contributed by atoms with Gasteiger partial charge in [0.05, 0.1) is 21.3 Å². The van der Waals surface area contributed by atoms with E-state index in [1.54, 1.807) is 35.5 Å². The normalized spacial score (nSPS) is 14.2. The van der Waals surface area contributed by atoms with E-state index in [1.165, 1.54) is 5.56 Å². The molecule has 0 amide bonds. The van der Waals surface area contributed by atoms with Crippen LogP contribution in [-0.2, 0) is 22.3 Å². The molecule has 0 fully saturated rings. The van der Waals surface area contributed by atoms with Crippen LogP contribution in [0.4, 0.5) is 0 Å². The molecule has 0 spiro atoms. The van der Waals surface area contributed by atoms with Gasteiger partial charge < -0.3 is 33.2 Å². The number of hydrogen-bond acceptors (Lipinski definition) is 7. The monoisotopic (exact) mass is 432 g/mol. The van der Waals surface area contributed by atoms with Gasteiger partial charge in [-0.05, 0) is 60.1 Å². The van der Waals surface area contributed by atoms with Crippen LogP contribution >= 0.6 is 0 Å². The number of fused-ring (bicyclic) bond motifs is 1. The summed E-state index contributed by atoms with van der Waals surface area (Å²) < 4.78 is 38.6. The van der Waals surface area contributed by atoms with Crippen molar-refractivity contribution in [1.82, 2.24) is 0 Å². The minimum atomic E-state index is 0.221. The molecule has 0 unspecified atom stereocenters. The average Bonchev–Trinajstić information content (AvgIpc) is 3.25. The van der Waals surface area contributed by atoms with Crippen molar-refractivity contribution >= 4 is 0 Å². The molecule has 1 aliphatic heterocycles. The van der Waals surface area contributed by atoms with Crippen LogP contribution in [0.25, 0.3) is 0 Å². The summed E-state index contributed by atoms with van der Waals surface area (Å²) in [6.07, 6.45) is 1.62. The molecule has 7 heteroatoms. The summed E-state index contributed by atoms with van der Waals surface area (Å²) in [7, 11) is 8.32. The summed E-state index contributed by atoms with van der Waals surface area (Å²) in [5.41, 5.74) is 2.26. The summed E-state index contributed by atoms with van der Waals surface area (Å²) in [5, 5.41) is 0. The number of hydrogen-bond donors (Lipinski definition) is 0. The van der Waals surface area contributed by atoms with Crippen LogP contribution in [0.3, 0.4) is 0 Å². The minimum Gasteiger partial charge on any atom is -0.493 e. The maximum atomic E-state index is 5.59. The zero-order chi connectivity index (χ0) is 22.2. The lowest BCUT2D eigenvalue weighted by Gasteiger charge is -2.27. The molecule has 3 rings (SSSR count). The van der Waals surface area contributed by atoms with E-state index in [4.69, 9.17) is 33.2 Å². The van der Waals surface area contributed by atoms with Crippen molar-refractivity contribution in [2.24, 2.45) is 11.8 Å². The van der Waals surface area contributed by atoms with Gasteiger partial charge in [0, 0.05) is 27.4 Å². The second-order valence-corrected chi connectivity index (χ2v) is 7.56. The lowest BCUT2D eigenvalue weighted by molar-refractivity contribution is 0.0697. The summed E-state index contributed by atoms with van der Waals surface area (Å²) in [5.74, 6) is 3.92. The Morgan fingerprint density at radius 1 is 0.710 bits per heavy atom. The number of methoxy groups -OCH3 is 5. The van der Waals surface area contributed by atoms with Crippen molar-refractivity contribution < 1.29 is 33.2 Å². The van der Waals surface area contributed by atoms with Crippen molar-refractivity contribution in [2.45, 2.75) is 12.8 Å². The molecule has 0 aromatic heterocycles. The van der Waals surface area contributed by atoms with Crippen LogP contribution in [0.15, 0.2) is 30.3 Å². The zero-order valence-electron chi connectivity index (χ0n) is 18.9. The Morgan fingerprint density at radius 3 is 1.84 bits per heavy atom. The second kappa shape index (κ2) is 11.1. The van der Waals surface area contributed by atoms with E-state index in [0.29, 0.717) is 30.5 Å². The van der Waals surface area contributed by atoms with E-state index in [0.717, 1.165) is 29.9 Å². The molecule has 170 valence electrons. The maximum Gasteiger partial charge on any atom is 0.231 e. The van der Waals surface area contributed by atoms with E-state index < -0.39 is 0 Å². The third-order valence-electron chi connectivity index (χ3n) is 5.59.